The van der Waals surface area contributed by atoms with Crippen LogP contribution >= 0.6 is 34.8 Å². The Bertz CT molecular complexity index is 3890. The van der Waals surface area contributed by atoms with Gasteiger partial charge in [-0.2, -0.15) is 0 Å². The number of amides is 7. The molecule has 1 aliphatic heterocycles. The minimum atomic E-state index is -1.54. The molecule has 1 fully saturated rings. The predicted octanol–water partition coefficient (Wildman–Crippen LogP) is 2.34. The number of unbranched alkanes of at least 4 members (excludes halogenated alkanes) is 3. The Kier molecular flexibility index (Phi) is 46.1. The largest absolute Gasteiger partial charge is 0.481 e. The molecule has 0 aliphatic carbocycles. The number of rotatable bonds is 55. The normalized spacial score (nSPS) is 14.7. The predicted molar refractivity (Wildman–Crippen MR) is 439 cm³/mol. The minimum Gasteiger partial charge on any atom is -0.481 e. The third kappa shape index (κ3) is 42.7. The van der Waals surface area contributed by atoms with Gasteiger partial charge in [-0.25, -0.2) is 28.7 Å². The molecule has 0 bridgehead atoms. The van der Waals surface area contributed by atoms with E-state index in [1.54, 1.807) is 79.0 Å². The minimum absolute atomic E-state index is 0.0311. The summed E-state index contributed by atoms with van der Waals surface area (Å²) in [6.45, 7) is 1.54. The number of anilines is 2. The van der Waals surface area contributed by atoms with Crippen LogP contribution in [0.1, 0.15) is 101 Å². The molecule has 4 aromatic rings. The molecule has 2 heterocycles. The molecule has 0 saturated carbocycles. The van der Waals surface area contributed by atoms with Gasteiger partial charge >= 0.3 is 59.8 Å². The Balaban J connectivity index is 1.05. The molecule has 5 rings (SSSR count). The number of benzene rings is 3. The summed E-state index contributed by atoms with van der Waals surface area (Å²) in [6, 6.07) is 14.5. The summed E-state index contributed by atoms with van der Waals surface area (Å²) in [7, 11) is 0. The topological polar surface area (TPSA) is 563 Å². The maximum Gasteiger partial charge on any atom is 0.326 e. The van der Waals surface area contributed by atoms with E-state index in [-0.39, 0.29) is 155 Å². The number of hydrogen-bond acceptors (Lipinski definition) is 23. The zero-order valence-electron chi connectivity index (χ0n) is 65.6. The van der Waals surface area contributed by atoms with Crippen LogP contribution in [-0.2, 0) is 86.3 Å². The molecule has 1 aromatic heterocycles. The first kappa shape index (κ1) is 98.2. The number of aliphatic carboxylic acids is 8. The van der Waals surface area contributed by atoms with E-state index in [1.165, 1.54) is 0 Å². The van der Waals surface area contributed by atoms with Crippen molar-refractivity contribution in [3.63, 3.8) is 0 Å². The second-order valence-electron chi connectivity index (χ2n) is 27.9. The molecule has 650 valence electrons. The number of ether oxygens (including phenoxy) is 3. The number of carbonyl (C=O) groups excluding carboxylic acids is 5. The number of urea groups is 2. The third-order valence-corrected chi connectivity index (χ3v) is 19.4. The van der Waals surface area contributed by atoms with Gasteiger partial charge in [-0.1, -0.05) is 41.6 Å². The summed E-state index contributed by atoms with van der Waals surface area (Å²) in [5.41, 5.74) is 4.08. The first-order valence-electron chi connectivity index (χ1n) is 38.8. The molecule has 3 aromatic carbocycles. The van der Waals surface area contributed by atoms with Crippen molar-refractivity contribution in [1.82, 2.24) is 71.8 Å². The quantitative estimate of drug-likeness (QED) is 0.0171. The lowest BCUT2D eigenvalue weighted by Crippen LogP contribution is -2.53. The molecular formula is C76H109IN16O24S. The Morgan fingerprint density at radius 1 is 0.475 bits per heavy atom. The monoisotopic (exact) mass is 1790 g/mol. The Hall–Kier alpha value is -10.4. The molecule has 5 atom stereocenters. The number of nitrogens with zero attached hydrogens (tertiary/aromatic N) is 7. The average Bonchev–Trinajstić information content (AvgIpc) is 1.82. The summed E-state index contributed by atoms with van der Waals surface area (Å²) in [6.07, 6.45) is 4.96. The molecule has 4 unspecified atom stereocenters. The third-order valence-electron chi connectivity index (χ3n) is 18.4. The van der Waals surface area contributed by atoms with Crippen LogP contribution in [0.2, 0.25) is 0 Å². The lowest BCUT2D eigenvalue weighted by molar-refractivity contribution is -0.142. The van der Waals surface area contributed by atoms with Gasteiger partial charge in [0.1, 0.15) is 29.9 Å². The van der Waals surface area contributed by atoms with E-state index in [0.717, 1.165) is 21.1 Å². The van der Waals surface area contributed by atoms with E-state index >= 15 is 0 Å². The van der Waals surface area contributed by atoms with Crippen LogP contribution in [0.3, 0.4) is 0 Å². The van der Waals surface area contributed by atoms with E-state index in [2.05, 4.69) is 80.8 Å². The lowest BCUT2D eigenvalue weighted by Gasteiger charge is -2.37. The number of carbonyl (C=O) groups is 13. The number of nitrogens with one attached hydrogen (secondary N) is 9. The first-order chi connectivity index (χ1) is 56.5. The first-order valence-corrected chi connectivity index (χ1v) is 40.2. The molecule has 0 spiro atoms. The summed E-state index contributed by atoms with van der Waals surface area (Å²) >= 11 is 7.84. The number of carboxylic acid groups (broad SMARTS) is 8. The Morgan fingerprint density at radius 2 is 1.00 bits per heavy atom. The summed E-state index contributed by atoms with van der Waals surface area (Å²) < 4.78 is 19.7. The van der Waals surface area contributed by atoms with Gasteiger partial charge in [-0.3, -0.25) is 58.0 Å². The van der Waals surface area contributed by atoms with Crippen molar-refractivity contribution in [2.45, 2.75) is 139 Å². The molecule has 17 N–H and O–H groups in total. The molecule has 118 heavy (non-hydrogen) atoms. The number of hydrogen-bond donors (Lipinski definition) is 17. The zero-order chi connectivity index (χ0) is 86.2. The maximum atomic E-state index is 13.9. The fourth-order valence-electron chi connectivity index (χ4n) is 12.3. The highest BCUT2D eigenvalue weighted by Gasteiger charge is 2.31. The van der Waals surface area contributed by atoms with Crippen LogP contribution in [0.25, 0.3) is 11.3 Å². The number of carboxylic acids is 8. The van der Waals surface area contributed by atoms with Gasteiger partial charge in [0.25, 0.3) is 0 Å². The van der Waals surface area contributed by atoms with Crippen molar-refractivity contribution in [2.24, 2.45) is 0 Å². The van der Waals surface area contributed by atoms with Gasteiger partial charge in [0.2, 0.25) is 17.7 Å². The van der Waals surface area contributed by atoms with Crippen molar-refractivity contribution in [1.29, 1.82) is 0 Å². The molecule has 1 aliphatic rings. The fourth-order valence-corrected chi connectivity index (χ4v) is 12.9. The van der Waals surface area contributed by atoms with E-state index in [1.807, 2.05) is 24.3 Å². The summed E-state index contributed by atoms with van der Waals surface area (Å²) in [5.74, 6) is -11.2. The highest BCUT2D eigenvalue weighted by molar-refractivity contribution is 14.1. The Morgan fingerprint density at radius 3 is 1.59 bits per heavy atom. The van der Waals surface area contributed by atoms with Crippen molar-refractivity contribution in [3.8, 4) is 11.3 Å². The number of halogens is 1. The smallest absolute Gasteiger partial charge is 0.326 e. The second-order valence-corrected chi connectivity index (χ2v) is 29.5. The van der Waals surface area contributed by atoms with Crippen LogP contribution < -0.4 is 47.9 Å². The highest BCUT2D eigenvalue weighted by atomic mass is 127. The molecule has 40 nitrogen and oxygen atoms in total. The maximum absolute atomic E-state index is 13.9. The number of thiocarbonyl (C=S) groups is 1. The molecule has 7 amide bonds. The molecule has 1 saturated heterocycles. The van der Waals surface area contributed by atoms with Crippen molar-refractivity contribution >= 4 is 129 Å². The molecular weight excluding hydrogens is 1680 g/mol. The molecule has 42 heteroatoms. The van der Waals surface area contributed by atoms with Crippen LogP contribution in [0, 0.1) is 3.57 Å². The lowest BCUT2D eigenvalue weighted by atomic mass is 10.0. The van der Waals surface area contributed by atoms with Crippen molar-refractivity contribution < 1.29 is 117 Å². The van der Waals surface area contributed by atoms with Gasteiger partial charge in [0.05, 0.1) is 78.6 Å². The summed E-state index contributed by atoms with van der Waals surface area (Å²) in [5, 5.41) is 110. The summed E-state index contributed by atoms with van der Waals surface area (Å²) in [4.78, 5) is 166. The van der Waals surface area contributed by atoms with Crippen molar-refractivity contribution in [2.75, 3.05) is 142 Å². The second kappa shape index (κ2) is 55.4. The highest BCUT2D eigenvalue weighted by Crippen LogP contribution is 2.22. The average molecular weight is 1790 g/mol. The van der Waals surface area contributed by atoms with E-state index in [9.17, 15) is 98.1 Å². The fraction of sp³-hybridized carbons (Fsp3) is 0.553. The van der Waals surface area contributed by atoms with Gasteiger partial charge in [-0.15, -0.1) is 5.10 Å². The molecule has 0 radical (unpaired) electrons. The van der Waals surface area contributed by atoms with E-state index < -0.39 is 128 Å². The van der Waals surface area contributed by atoms with Crippen molar-refractivity contribution in [3.05, 3.63) is 93.7 Å². The SMILES string of the molecule is O=C(O)CC[C@H](NC(=O)NC(CCCCNC(=O)Nc1cccc(-c2cn(CCOCCOCCOCCC(=O)NC(CCCCNC(=S)Nc3ccc(CC4CN(CC(=O)O)CCN(CC(=O)O)CCN(CC(=O)O)CCN4CC(=O)O)cc3)C(=O)NC(CCCCNC(=O)CCCc3ccc(I)cc3)C(=O)O)nn2)c1)C(=O)O)C(=O)O. The van der Waals surface area contributed by atoms with E-state index in [4.69, 9.17) is 31.5 Å². The number of aromatic nitrogens is 3. The van der Waals surface area contributed by atoms with Gasteiger partial charge < -0.3 is 103 Å². The van der Waals surface area contributed by atoms with Crippen LogP contribution in [-0.4, -0.2) is 320 Å². The van der Waals surface area contributed by atoms with Crippen LogP contribution in [0.4, 0.5) is 21.0 Å². The number of aryl methyl sites for hydroxylation is 1. The van der Waals surface area contributed by atoms with E-state index in [0.29, 0.717) is 87.2 Å². The van der Waals surface area contributed by atoms with Gasteiger partial charge in [0, 0.05) is 111 Å². The van der Waals surface area contributed by atoms with Crippen LogP contribution in [0.5, 0.6) is 0 Å². The van der Waals surface area contributed by atoms with Gasteiger partial charge in [-0.05, 0) is 166 Å². The van der Waals surface area contributed by atoms with Gasteiger partial charge in [0.15, 0.2) is 5.11 Å². The zero-order valence-corrected chi connectivity index (χ0v) is 68.6. The van der Waals surface area contributed by atoms with Crippen LogP contribution in [0.15, 0.2) is 79.0 Å². The standard InChI is InChI=1S/C76H109IN16O24S/c77-54-20-16-51(17-21-54)9-7-15-63(94)78-27-4-2-13-59(71(107)108)84-70(106)58(12-1-6-29-80-76(118)82-55-22-18-52(19-23-55)43-57-45-91(49-68(102)103)33-32-89(47-66(98)99)30-31-90(48-67(100)101)34-35-92(57)50-69(104)105)83-64(95)26-37-115-39-41-117-42-40-116-38-36-93-46-62(87-88-93)53-10-8-11-56(44-53)81-74(113)79-28-5-3-14-60(72(109)110)85-75(114)86-61(73(111)112)24-25-65(96)97/h8,10-11,16-23,44,46,57-61H,1-7,9,12-15,24-43,45,47-50H2,(H,78,94)(H,83,95)(H,84,106)(H,96,97)(H,98,99)(H,100,101)(H,102,103)(H,104,105)(H,107,108)(H,109,110)(H,111,112)(H2,79,81,113)(H2,80,82,118)(H2,85,86,114)/t57?,58?,59?,60?,61-/m0/s1. The Labute approximate surface area is 700 Å².